The van der Waals surface area contributed by atoms with E-state index >= 15 is 0 Å². The Morgan fingerprint density at radius 2 is 2.00 bits per heavy atom. The lowest BCUT2D eigenvalue weighted by Crippen LogP contribution is -2.43. The number of ether oxygens (including phenoxy) is 1. The van der Waals surface area contributed by atoms with Gasteiger partial charge in [-0.2, -0.15) is 0 Å². The topological polar surface area (TPSA) is 113 Å². The minimum absolute atomic E-state index is 0.0572. The molecule has 29 heavy (non-hydrogen) atoms. The predicted molar refractivity (Wildman–Crippen MR) is 104 cm³/mol. The van der Waals surface area contributed by atoms with Crippen LogP contribution in [0.1, 0.15) is 36.9 Å². The lowest BCUT2D eigenvalue weighted by atomic mass is 10.0. The molecule has 3 rings (SSSR count). The molecular weight excluding hydrogens is 376 g/mol. The lowest BCUT2D eigenvalue weighted by Gasteiger charge is -2.32. The first-order valence-electron chi connectivity index (χ1n) is 9.97. The van der Waals surface area contributed by atoms with Gasteiger partial charge >= 0.3 is 5.97 Å². The van der Waals surface area contributed by atoms with Crippen molar-refractivity contribution in [1.82, 2.24) is 20.8 Å². The van der Waals surface area contributed by atoms with Crippen molar-refractivity contribution < 1.29 is 24.4 Å². The highest BCUT2D eigenvalue weighted by atomic mass is 16.7. The molecule has 0 aromatic carbocycles. The Bertz CT molecular complexity index is 695. The van der Waals surface area contributed by atoms with Gasteiger partial charge in [0, 0.05) is 51.2 Å². The maximum absolute atomic E-state index is 12.1. The number of hydroxylamine groups is 2. The number of hydrogen-bond acceptors (Lipinski definition) is 8. The van der Waals surface area contributed by atoms with E-state index in [1.165, 1.54) is 6.08 Å². The molecule has 1 amide bonds. The Balaban J connectivity index is 1.36. The van der Waals surface area contributed by atoms with Gasteiger partial charge in [-0.25, -0.2) is 5.48 Å². The molecule has 2 aliphatic heterocycles. The molecular formula is C20H28N4O5. The molecule has 0 spiro atoms. The second-order valence-corrected chi connectivity index (χ2v) is 7.37. The molecule has 2 saturated heterocycles. The Kier molecular flexibility index (Phi) is 8.12. The van der Waals surface area contributed by atoms with E-state index in [0.717, 1.165) is 56.6 Å². The van der Waals surface area contributed by atoms with E-state index in [2.05, 4.69) is 15.4 Å². The van der Waals surface area contributed by atoms with E-state index in [4.69, 9.17) is 14.8 Å². The molecule has 0 saturated carbocycles. The SMILES string of the molecule is O=C(C=Cc1ccc(CN2CCC(NOC(=O)C3CCOCC3)CC2)nc1)NO. The molecule has 158 valence electrons. The highest BCUT2D eigenvalue weighted by Crippen LogP contribution is 2.17. The zero-order valence-electron chi connectivity index (χ0n) is 16.4. The first-order chi connectivity index (χ1) is 14.1. The summed E-state index contributed by atoms with van der Waals surface area (Å²) in [6, 6.07) is 3.98. The molecule has 0 aliphatic carbocycles. The minimum Gasteiger partial charge on any atom is -0.381 e. The van der Waals surface area contributed by atoms with Crippen LogP contribution in [0.2, 0.25) is 0 Å². The zero-order chi connectivity index (χ0) is 20.5. The first kappa shape index (κ1) is 21.4. The van der Waals surface area contributed by atoms with Gasteiger partial charge in [-0.15, -0.1) is 5.48 Å². The predicted octanol–water partition coefficient (Wildman–Crippen LogP) is 1.04. The number of pyridine rings is 1. The van der Waals surface area contributed by atoms with Crippen molar-refractivity contribution in [3.8, 4) is 0 Å². The van der Waals surface area contributed by atoms with Gasteiger partial charge in [-0.05, 0) is 43.4 Å². The zero-order valence-corrected chi connectivity index (χ0v) is 16.4. The molecule has 0 bridgehead atoms. The summed E-state index contributed by atoms with van der Waals surface area (Å²) >= 11 is 0. The third kappa shape index (κ3) is 6.90. The van der Waals surface area contributed by atoms with Gasteiger partial charge in [0.2, 0.25) is 0 Å². The second kappa shape index (κ2) is 11.0. The number of nitrogens with zero attached hydrogens (tertiary/aromatic N) is 2. The van der Waals surface area contributed by atoms with Gasteiger partial charge < -0.3 is 9.57 Å². The van der Waals surface area contributed by atoms with Crippen LogP contribution in [-0.4, -0.2) is 59.3 Å². The largest absolute Gasteiger partial charge is 0.381 e. The minimum atomic E-state index is -0.580. The summed E-state index contributed by atoms with van der Waals surface area (Å²) in [4.78, 5) is 35.1. The Hall–Kier alpha value is -2.33. The lowest BCUT2D eigenvalue weighted by molar-refractivity contribution is -0.162. The average Bonchev–Trinajstić information content (AvgIpc) is 2.78. The van der Waals surface area contributed by atoms with Crippen LogP contribution >= 0.6 is 0 Å². The third-order valence-corrected chi connectivity index (χ3v) is 5.24. The summed E-state index contributed by atoms with van der Waals surface area (Å²) in [5, 5.41) is 8.47. The molecule has 2 fully saturated rings. The molecule has 1 aromatic heterocycles. The number of carbonyl (C=O) groups excluding carboxylic acids is 2. The molecule has 9 nitrogen and oxygen atoms in total. The van der Waals surface area contributed by atoms with Crippen LogP contribution in [0.25, 0.3) is 6.08 Å². The highest BCUT2D eigenvalue weighted by molar-refractivity contribution is 5.90. The fourth-order valence-electron chi connectivity index (χ4n) is 3.43. The number of piperidine rings is 1. The normalized spacial score (nSPS) is 19.3. The van der Waals surface area contributed by atoms with Crippen molar-refractivity contribution in [3.63, 3.8) is 0 Å². The van der Waals surface area contributed by atoms with Crippen LogP contribution in [0.4, 0.5) is 0 Å². The Labute approximate surface area is 170 Å². The van der Waals surface area contributed by atoms with E-state index in [0.29, 0.717) is 13.2 Å². The van der Waals surface area contributed by atoms with Gasteiger partial charge in [0.05, 0.1) is 11.6 Å². The summed E-state index contributed by atoms with van der Waals surface area (Å²) in [5.74, 6) is -0.812. The number of nitrogens with one attached hydrogen (secondary N) is 2. The van der Waals surface area contributed by atoms with Crippen molar-refractivity contribution >= 4 is 18.0 Å². The fraction of sp³-hybridized carbons (Fsp3) is 0.550. The molecule has 3 heterocycles. The van der Waals surface area contributed by atoms with Gasteiger partial charge in [-0.1, -0.05) is 6.07 Å². The third-order valence-electron chi connectivity index (χ3n) is 5.24. The second-order valence-electron chi connectivity index (χ2n) is 7.37. The Morgan fingerprint density at radius 1 is 1.24 bits per heavy atom. The van der Waals surface area contributed by atoms with Crippen molar-refractivity contribution in [2.45, 2.75) is 38.3 Å². The number of amides is 1. The summed E-state index contributed by atoms with van der Waals surface area (Å²) in [6.07, 6.45) is 7.78. The van der Waals surface area contributed by atoms with Crippen LogP contribution in [0.5, 0.6) is 0 Å². The van der Waals surface area contributed by atoms with Crippen LogP contribution in [0, 0.1) is 5.92 Å². The summed E-state index contributed by atoms with van der Waals surface area (Å²) < 4.78 is 5.27. The average molecular weight is 404 g/mol. The molecule has 0 radical (unpaired) electrons. The summed E-state index contributed by atoms with van der Waals surface area (Å²) in [6.45, 7) is 3.79. The maximum atomic E-state index is 12.1. The van der Waals surface area contributed by atoms with Gasteiger partial charge in [0.25, 0.3) is 5.91 Å². The molecule has 3 N–H and O–H groups in total. The van der Waals surface area contributed by atoms with Gasteiger partial charge in [0.15, 0.2) is 0 Å². The van der Waals surface area contributed by atoms with E-state index in [1.807, 2.05) is 12.1 Å². The number of rotatable bonds is 7. The molecule has 2 aliphatic rings. The Morgan fingerprint density at radius 3 is 2.66 bits per heavy atom. The molecule has 9 heteroatoms. The molecule has 1 aromatic rings. The number of carbonyl (C=O) groups is 2. The van der Waals surface area contributed by atoms with Crippen LogP contribution in [0.3, 0.4) is 0 Å². The fourth-order valence-corrected chi connectivity index (χ4v) is 3.43. The monoisotopic (exact) mass is 404 g/mol. The molecule has 0 atom stereocenters. The number of likely N-dealkylation sites (tertiary alicyclic amines) is 1. The van der Waals surface area contributed by atoms with E-state index in [1.54, 1.807) is 17.8 Å². The molecule has 0 unspecified atom stereocenters. The maximum Gasteiger partial charge on any atom is 0.327 e. The van der Waals surface area contributed by atoms with Crippen molar-refractivity contribution in [2.75, 3.05) is 26.3 Å². The number of hydrogen-bond donors (Lipinski definition) is 3. The standard InChI is InChI=1S/C20H28N4O5/c25-19(22-27)4-2-15-1-3-18(21-13-15)14-24-9-5-17(6-10-24)23-29-20(26)16-7-11-28-12-8-16/h1-4,13,16-17,23,27H,5-12,14H2,(H,22,25). The van der Waals surface area contributed by atoms with Crippen LogP contribution in [-0.2, 0) is 25.7 Å². The smallest absolute Gasteiger partial charge is 0.327 e. The summed E-state index contributed by atoms with van der Waals surface area (Å²) in [5.41, 5.74) is 6.23. The van der Waals surface area contributed by atoms with Gasteiger partial charge in [0.1, 0.15) is 0 Å². The van der Waals surface area contributed by atoms with Crippen molar-refractivity contribution in [1.29, 1.82) is 0 Å². The van der Waals surface area contributed by atoms with Crippen LogP contribution < -0.4 is 11.0 Å². The first-order valence-corrected chi connectivity index (χ1v) is 9.97. The van der Waals surface area contributed by atoms with Crippen molar-refractivity contribution in [2.24, 2.45) is 5.92 Å². The highest BCUT2D eigenvalue weighted by Gasteiger charge is 2.25. The van der Waals surface area contributed by atoms with E-state index in [9.17, 15) is 9.59 Å². The van der Waals surface area contributed by atoms with Crippen molar-refractivity contribution in [3.05, 3.63) is 35.7 Å². The summed E-state index contributed by atoms with van der Waals surface area (Å²) in [7, 11) is 0. The van der Waals surface area contributed by atoms with E-state index < -0.39 is 5.91 Å². The van der Waals surface area contributed by atoms with Gasteiger partial charge in [-0.3, -0.25) is 24.7 Å². The van der Waals surface area contributed by atoms with E-state index in [-0.39, 0.29) is 17.9 Å². The van der Waals surface area contributed by atoms with Crippen LogP contribution in [0.15, 0.2) is 24.4 Å². The number of aromatic nitrogens is 1. The quantitative estimate of drug-likeness (QED) is 0.351.